The van der Waals surface area contributed by atoms with Gasteiger partial charge in [-0.3, -0.25) is 4.79 Å². The van der Waals surface area contributed by atoms with Gasteiger partial charge in [-0.05, 0) is 68.0 Å². The molecule has 0 spiro atoms. The quantitative estimate of drug-likeness (QED) is 0.258. The van der Waals surface area contributed by atoms with E-state index < -0.39 is 3.42 Å². The number of alkyl halides is 1. The lowest BCUT2D eigenvalue weighted by Crippen LogP contribution is -2.50. The maximum Gasteiger partial charge on any atom is 0.245 e. The first-order valence-corrected chi connectivity index (χ1v) is 15.6. The summed E-state index contributed by atoms with van der Waals surface area (Å²) in [4.78, 5) is 16.6. The van der Waals surface area contributed by atoms with Crippen molar-refractivity contribution in [2.75, 3.05) is 19.6 Å². The Bertz CT molecular complexity index is 1010. The van der Waals surface area contributed by atoms with Crippen LogP contribution < -0.4 is 10.1 Å². The molecule has 1 amide bonds. The lowest BCUT2D eigenvalue weighted by atomic mass is 9.86. The van der Waals surface area contributed by atoms with Crippen molar-refractivity contribution in [3.8, 4) is 11.5 Å². The fourth-order valence-corrected chi connectivity index (χ4v) is 7.58. The number of nitrogens with zero attached hydrogens (tertiary/aromatic N) is 1. The number of rotatable bonds is 4. The summed E-state index contributed by atoms with van der Waals surface area (Å²) in [5.41, 5.74) is 1.77. The zero-order chi connectivity index (χ0) is 24.4. The Morgan fingerprint density at radius 3 is 2.03 bits per heavy atom. The van der Waals surface area contributed by atoms with E-state index in [2.05, 4.69) is 64.7 Å². The van der Waals surface area contributed by atoms with Gasteiger partial charge in [0.25, 0.3) is 0 Å². The standard InChI is InChI=1S/C28H33Br2IN2O2/c29-20-8-10-25-23(16-20)28(31,24-17-21(30)9-11-26(24)35-25)27(34)32-22-12-14-33(15-13-22)18-19-6-4-2-1-3-5-7-19/h8-11,16-17,19,22H,1-7,12-15,18H2,(H,32,34). The molecule has 3 aliphatic rings. The van der Waals surface area contributed by atoms with E-state index in [4.69, 9.17) is 4.74 Å². The van der Waals surface area contributed by atoms with E-state index in [-0.39, 0.29) is 11.9 Å². The summed E-state index contributed by atoms with van der Waals surface area (Å²) in [6, 6.07) is 12.0. The van der Waals surface area contributed by atoms with Gasteiger partial charge in [0.15, 0.2) is 3.42 Å². The molecule has 1 N–H and O–H groups in total. The third-order valence-electron chi connectivity index (χ3n) is 7.82. The number of hydrogen-bond donors (Lipinski definition) is 1. The van der Waals surface area contributed by atoms with E-state index in [1.807, 2.05) is 36.4 Å². The number of carbonyl (C=O) groups excluding carboxylic acids is 1. The highest BCUT2D eigenvalue weighted by Gasteiger charge is 2.47. The molecule has 2 aromatic carbocycles. The summed E-state index contributed by atoms with van der Waals surface area (Å²) in [6.07, 6.45) is 11.8. The van der Waals surface area contributed by atoms with Crippen LogP contribution >= 0.6 is 54.5 Å². The van der Waals surface area contributed by atoms with Crippen LogP contribution in [-0.4, -0.2) is 36.5 Å². The summed E-state index contributed by atoms with van der Waals surface area (Å²) >= 11 is 9.52. The van der Waals surface area contributed by atoms with Crippen molar-refractivity contribution in [3.05, 3.63) is 56.5 Å². The molecule has 0 atom stereocenters. The highest BCUT2D eigenvalue weighted by molar-refractivity contribution is 14.1. The van der Waals surface area contributed by atoms with Crippen molar-refractivity contribution in [2.24, 2.45) is 5.92 Å². The van der Waals surface area contributed by atoms with E-state index in [9.17, 15) is 4.79 Å². The molecule has 1 saturated heterocycles. The molecule has 0 bridgehead atoms. The van der Waals surface area contributed by atoms with E-state index in [1.54, 1.807) is 0 Å². The Labute approximate surface area is 239 Å². The number of halogens is 3. The van der Waals surface area contributed by atoms with Gasteiger partial charge in [0.2, 0.25) is 5.91 Å². The van der Waals surface area contributed by atoms with Gasteiger partial charge in [-0.2, -0.15) is 0 Å². The molecule has 5 rings (SSSR count). The normalized spacial score (nSPS) is 21.2. The second-order valence-electron chi connectivity index (χ2n) is 10.3. The van der Waals surface area contributed by atoms with Crippen molar-refractivity contribution < 1.29 is 9.53 Å². The number of piperidine rings is 1. The van der Waals surface area contributed by atoms with Gasteiger partial charge in [0.1, 0.15) is 11.5 Å². The Morgan fingerprint density at radius 2 is 1.46 bits per heavy atom. The average Bonchev–Trinajstić information content (AvgIpc) is 2.83. The second kappa shape index (κ2) is 11.4. The predicted octanol–water partition coefficient (Wildman–Crippen LogP) is 7.94. The van der Waals surface area contributed by atoms with Crippen LogP contribution in [0.2, 0.25) is 0 Å². The minimum absolute atomic E-state index is 0.0403. The first-order valence-electron chi connectivity index (χ1n) is 12.9. The molecule has 4 nitrogen and oxygen atoms in total. The highest BCUT2D eigenvalue weighted by atomic mass is 127. The van der Waals surface area contributed by atoms with Crippen LogP contribution in [0.1, 0.15) is 68.9 Å². The molecule has 1 saturated carbocycles. The number of carbonyl (C=O) groups is 1. The number of hydrogen-bond acceptors (Lipinski definition) is 3. The van der Waals surface area contributed by atoms with Gasteiger partial charge < -0.3 is 15.0 Å². The molecule has 2 fully saturated rings. The number of nitrogens with one attached hydrogen (secondary N) is 1. The van der Waals surface area contributed by atoms with Gasteiger partial charge in [-0.1, -0.05) is 86.6 Å². The number of benzene rings is 2. The molecule has 0 aromatic heterocycles. The van der Waals surface area contributed by atoms with Gasteiger partial charge in [0, 0.05) is 45.7 Å². The first-order chi connectivity index (χ1) is 16.9. The molecular formula is C28H33Br2IN2O2. The molecule has 1 aliphatic carbocycles. The Morgan fingerprint density at radius 1 is 0.914 bits per heavy atom. The van der Waals surface area contributed by atoms with E-state index in [0.717, 1.165) is 63.4 Å². The maximum atomic E-state index is 14.0. The summed E-state index contributed by atoms with van der Waals surface area (Å²) in [5.74, 6) is 2.37. The van der Waals surface area contributed by atoms with Crippen LogP contribution in [0.3, 0.4) is 0 Å². The van der Waals surface area contributed by atoms with E-state index >= 15 is 0 Å². The Hall–Kier alpha value is -0.640. The minimum atomic E-state index is -0.857. The van der Waals surface area contributed by atoms with Gasteiger partial charge in [0.05, 0.1) is 0 Å². The summed E-state index contributed by atoms with van der Waals surface area (Å²) in [6.45, 7) is 3.38. The molecule has 0 radical (unpaired) electrons. The highest BCUT2D eigenvalue weighted by Crippen LogP contribution is 2.53. The Balaban J connectivity index is 1.28. The van der Waals surface area contributed by atoms with Crippen molar-refractivity contribution in [2.45, 2.75) is 67.3 Å². The summed E-state index contributed by atoms with van der Waals surface area (Å²) < 4.78 is 7.21. The summed E-state index contributed by atoms with van der Waals surface area (Å²) in [7, 11) is 0. The van der Waals surface area contributed by atoms with Crippen LogP contribution in [0.15, 0.2) is 45.3 Å². The van der Waals surface area contributed by atoms with Gasteiger partial charge in [-0.15, -0.1) is 0 Å². The second-order valence-corrected chi connectivity index (χ2v) is 13.8. The van der Waals surface area contributed by atoms with E-state index in [1.165, 1.54) is 51.5 Å². The smallest absolute Gasteiger partial charge is 0.245 e. The molecule has 2 heterocycles. The number of likely N-dealkylation sites (tertiary alicyclic amines) is 1. The zero-order valence-corrected chi connectivity index (χ0v) is 25.3. The molecule has 2 aliphatic heterocycles. The fourth-order valence-electron chi connectivity index (χ4n) is 5.86. The first kappa shape index (κ1) is 26.0. The number of amides is 1. The van der Waals surface area contributed by atoms with Crippen molar-refractivity contribution in [1.29, 1.82) is 0 Å². The topological polar surface area (TPSA) is 41.6 Å². The minimum Gasteiger partial charge on any atom is -0.457 e. The molecule has 0 unspecified atom stereocenters. The number of fused-ring (bicyclic) bond motifs is 2. The molecule has 35 heavy (non-hydrogen) atoms. The summed E-state index contributed by atoms with van der Waals surface area (Å²) in [5, 5.41) is 3.43. The molecular weight excluding hydrogens is 683 g/mol. The fraction of sp³-hybridized carbons (Fsp3) is 0.536. The number of ether oxygens (including phenoxy) is 1. The Kier molecular flexibility index (Phi) is 8.46. The predicted molar refractivity (Wildman–Crippen MR) is 157 cm³/mol. The van der Waals surface area contributed by atoms with Crippen LogP contribution in [0.4, 0.5) is 0 Å². The lowest BCUT2D eigenvalue weighted by molar-refractivity contribution is -0.123. The van der Waals surface area contributed by atoms with Crippen LogP contribution in [-0.2, 0) is 8.22 Å². The van der Waals surface area contributed by atoms with Crippen molar-refractivity contribution in [3.63, 3.8) is 0 Å². The molecule has 7 heteroatoms. The van der Waals surface area contributed by atoms with Crippen molar-refractivity contribution in [1.82, 2.24) is 10.2 Å². The van der Waals surface area contributed by atoms with Gasteiger partial charge >= 0.3 is 0 Å². The SMILES string of the molecule is O=C(NC1CCN(CC2CCCCCCC2)CC1)C1(I)c2cc(Br)ccc2Oc2ccc(Br)cc21. The van der Waals surface area contributed by atoms with E-state index in [0.29, 0.717) is 0 Å². The average molecular weight is 716 g/mol. The van der Waals surface area contributed by atoms with Crippen LogP contribution in [0.5, 0.6) is 11.5 Å². The van der Waals surface area contributed by atoms with Crippen molar-refractivity contribution >= 4 is 60.4 Å². The molecule has 188 valence electrons. The monoisotopic (exact) mass is 714 g/mol. The zero-order valence-electron chi connectivity index (χ0n) is 20.0. The third-order valence-corrected chi connectivity index (χ3v) is 10.5. The van der Waals surface area contributed by atoms with Crippen LogP contribution in [0.25, 0.3) is 0 Å². The third kappa shape index (κ3) is 5.78. The van der Waals surface area contributed by atoms with Gasteiger partial charge in [-0.25, -0.2) is 0 Å². The van der Waals surface area contributed by atoms with Crippen LogP contribution in [0, 0.1) is 5.92 Å². The lowest BCUT2D eigenvalue weighted by Gasteiger charge is -2.38. The largest absolute Gasteiger partial charge is 0.457 e. The molecule has 2 aromatic rings. The maximum absolute atomic E-state index is 14.0.